The maximum atomic E-state index is 8.80. The van der Waals surface area contributed by atoms with E-state index in [9.17, 15) is 0 Å². The molecule has 2 heteroatoms. The first-order chi connectivity index (χ1) is 4.87. The molecule has 0 amide bonds. The Labute approximate surface area is 68.4 Å². The maximum absolute atomic E-state index is 8.80. The van der Waals surface area contributed by atoms with E-state index >= 15 is 0 Å². The third-order valence-electron chi connectivity index (χ3n) is 2.49. The normalized spacial score (nSPS) is 11.8. The molecule has 11 heavy (non-hydrogen) atoms. The van der Waals surface area contributed by atoms with Gasteiger partial charge in [0, 0.05) is 6.42 Å². The lowest BCUT2D eigenvalue weighted by Gasteiger charge is -2.33. The molecular formula is C9H14N2. The Bertz CT molecular complexity index is 213. The summed E-state index contributed by atoms with van der Waals surface area (Å²) in [4.78, 5) is 0. The first kappa shape index (κ1) is 9.98. The molecule has 0 heterocycles. The topological polar surface area (TPSA) is 47.6 Å². The van der Waals surface area contributed by atoms with Crippen molar-refractivity contribution < 1.29 is 0 Å². The summed E-state index contributed by atoms with van der Waals surface area (Å²) < 4.78 is 0. The van der Waals surface area contributed by atoms with Gasteiger partial charge in [-0.25, -0.2) is 0 Å². The number of hydrogen-bond acceptors (Lipinski definition) is 2. The monoisotopic (exact) mass is 150 g/mol. The molecule has 0 aliphatic heterocycles. The van der Waals surface area contributed by atoms with Crippen LogP contribution in [0.1, 0.15) is 34.1 Å². The molecule has 0 rings (SSSR count). The van der Waals surface area contributed by atoms with Gasteiger partial charge in [-0.15, -0.1) is 0 Å². The molecule has 0 unspecified atom stereocenters. The summed E-state index contributed by atoms with van der Waals surface area (Å²) in [5.74, 6) is 0. The van der Waals surface area contributed by atoms with Crippen molar-refractivity contribution in [2.75, 3.05) is 0 Å². The third kappa shape index (κ3) is 1.95. The SMILES string of the molecule is CC(C)(C#N)C(C)(C)CC#N. The van der Waals surface area contributed by atoms with Crippen LogP contribution >= 0.6 is 0 Å². The lowest BCUT2D eigenvalue weighted by Crippen LogP contribution is -2.30. The number of nitrogens with zero attached hydrogens (tertiary/aromatic N) is 2. The lowest BCUT2D eigenvalue weighted by molar-refractivity contribution is 0.180. The van der Waals surface area contributed by atoms with Crippen molar-refractivity contribution in [3.63, 3.8) is 0 Å². The van der Waals surface area contributed by atoms with Gasteiger partial charge in [0.05, 0.1) is 17.6 Å². The van der Waals surface area contributed by atoms with E-state index in [1.807, 2.05) is 27.7 Å². The molecule has 0 aromatic heterocycles. The minimum Gasteiger partial charge on any atom is -0.198 e. The van der Waals surface area contributed by atoms with Crippen LogP contribution in [0.3, 0.4) is 0 Å². The predicted molar refractivity (Wildman–Crippen MR) is 43.4 cm³/mol. The summed E-state index contributed by atoms with van der Waals surface area (Å²) in [6.45, 7) is 7.62. The Hall–Kier alpha value is -1.02. The molecule has 0 N–H and O–H groups in total. The summed E-state index contributed by atoms with van der Waals surface area (Å²) in [6.07, 6.45) is 0.424. The van der Waals surface area contributed by atoms with Crippen LogP contribution in [-0.2, 0) is 0 Å². The molecule has 0 radical (unpaired) electrons. The van der Waals surface area contributed by atoms with Crippen molar-refractivity contribution in [1.29, 1.82) is 10.5 Å². The van der Waals surface area contributed by atoms with Gasteiger partial charge in [0.2, 0.25) is 0 Å². The second-order valence-electron chi connectivity index (χ2n) is 3.96. The van der Waals surface area contributed by atoms with Crippen LogP contribution in [0.2, 0.25) is 0 Å². The summed E-state index contributed by atoms with van der Waals surface area (Å²) >= 11 is 0. The standard InChI is InChI=1S/C9H14N2/c1-8(2,5-6-10)9(3,4)7-11/h5H2,1-4H3. The van der Waals surface area contributed by atoms with Gasteiger partial charge >= 0.3 is 0 Å². The summed E-state index contributed by atoms with van der Waals surface area (Å²) in [5.41, 5.74) is -0.654. The molecule has 0 saturated carbocycles. The van der Waals surface area contributed by atoms with E-state index in [4.69, 9.17) is 10.5 Å². The van der Waals surface area contributed by atoms with Crippen LogP contribution in [0.5, 0.6) is 0 Å². The van der Waals surface area contributed by atoms with Gasteiger partial charge in [0.1, 0.15) is 0 Å². The largest absolute Gasteiger partial charge is 0.198 e. The van der Waals surface area contributed by atoms with Gasteiger partial charge in [0.25, 0.3) is 0 Å². The summed E-state index contributed by atoms with van der Waals surface area (Å²) in [6, 6.07) is 4.31. The lowest BCUT2D eigenvalue weighted by atomic mass is 9.67. The van der Waals surface area contributed by atoms with Gasteiger partial charge in [-0.1, -0.05) is 13.8 Å². The van der Waals surface area contributed by atoms with Crippen LogP contribution in [0.4, 0.5) is 0 Å². The second-order valence-corrected chi connectivity index (χ2v) is 3.96. The average molecular weight is 150 g/mol. The van der Waals surface area contributed by atoms with Crippen molar-refractivity contribution in [3.05, 3.63) is 0 Å². The molecule has 2 nitrogen and oxygen atoms in total. The molecular weight excluding hydrogens is 136 g/mol. The van der Waals surface area contributed by atoms with E-state index in [0.29, 0.717) is 6.42 Å². The zero-order chi connectivity index (χ0) is 9.12. The van der Waals surface area contributed by atoms with Crippen LogP contribution in [0, 0.1) is 33.5 Å². The average Bonchev–Trinajstić information content (AvgIpc) is 1.87. The Balaban J connectivity index is 4.59. The zero-order valence-electron chi connectivity index (χ0n) is 7.60. The van der Waals surface area contributed by atoms with E-state index in [1.54, 1.807) is 0 Å². The fraction of sp³-hybridized carbons (Fsp3) is 0.778. The van der Waals surface area contributed by atoms with Gasteiger partial charge in [0.15, 0.2) is 0 Å². The Morgan fingerprint density at radius 1 is 1.09 bits per heavy atom. The predicted octanol–water partition coefficient (Wildman–Crippen LogP) is 2.48. The zero-order valence-corrected chi connectivity index (χ0v) is 7.60. The first-order valence-electron chi connectivity index (χ1n) is 3.65. The Morgan fingerprint density at radius 2 is 1.55 bits per heavy atom. The van der Waals surface area contributed by atoms with Crippen molar-refractivity contribution in [2.45, 2.75) is 34.1 Å². The number of rotatable bonds is 2. The molecule has 0 fully saturated rings. The van der Waals surface area contributed by atoms with Gasteiger partial charge in [-0.3, -0.25) is 0 Å². The smallest absolute Gasteiger partial charge is 0.0689 e. The van der Waals surface area contributed by atoms with Crippen molar-refractivity contribution in [3.8, 4) is 12.1 Å². The quantitative estimate of drug-likeness (QED) is 0.607. The van der Waals surface area contributed by atoms with E-state index in [0.717, 1.165) is 0 Å². The highest BCUT2D eigenvalue weighted by atomic mass is 14.4. The fourth-order valence-electron chi connectivity index (χ4n) is 0.570. The number of hydrogen-bond donors (Lipinski definition) is 0. The highest BCUT2D eigenvalue weighted by Crippen LogP contribution is 2.40. The van der Waals surface area contributed by atoms with Gasteiger partial charge < -0.3 is 0 Å². The molecule has 0 aliphatic carbocycles. The molecule has 0 aromatic carbocycles. The first-order valence-corrected chi connectivity index (χ1v) is 3.65. The van der Waals surface area contributed by atoms with Crippen molar-refractivity contribution >= 4 is 0 Å². The van der Waals surface area contributed by atoms with E-state index in [1.165, 1.54) is 0 Å². The number of nitriles is 2. The van der Waals surface area contributed by atoms with Gasteiger partial charge in [-0.2, -0.15) is 10.5 Å². The van der Waals surface area contributed by atoms with Crippen LogP contribution in [-0.4, -0.2) is 0 Å². The molecule has 60 valence electrons. The molecule has 0 atom stereocenters. The van der Waals surface area contributed by atoms with E-state index < -0.39 is 5.41 Å². The Morgan fingerprint density at radius 3 is 1.82 bits per heavy atom. The molecule has 0 spiro atoms. The van der Waals surface area contributed by atoms with Gasteiger partial charge in [-0.05, 0) is 19.3 Å². The van der Waals surface area contributed by atoms with Crippen molar-refractivity contribution in [2.24, 2.45) is 10.8 Å². The van der Waals surface area contributed by atoms with E-state index in [-0.39, 0.29) is 5.41 Å². The third-order valence-corrected chi connectivity index (χ3v) is 2.49. The van der Waals surface area contributed by atoms with E-state index in [2.05, 4.69) is 12.1 Å². The Kier molecular flexibility index (Phi) is 2.65. The highest BCUT2D eigenvalue weighted by molar-refractivity contribution is 5.04. The van der Waals surface area contributed by atoms with Crippen LogP contribution in [0.15, 0.2) is 0 Å². The second kappa shape index (κ2) is 2.93. The molecule has 0 bridgehead atoms. The minimum absolute atomic E-state index is 0.226. The maximum Gasteiger partial charge on any atom is 0.0689 e. The molecule has 0 aliphatic rings. The fourth-order valence-corrected chi connectivity index (χ4v) is 0.570. The molecule has 0 saturated heterocycles. The summed E-state index contributed by atoms with van der Waals surface area (Å²) in [7, 11) is 0. The van der Waals surface area contributed by atoms with Crippen molar-refractivity contribution in [1.82, 2.24) is 0 Å². The summed E-state index contributed by atoms with van der Waals surface area (Å²) in [5, 5.41) is 17.3. The van der Waals surface area contributed by atoms with Crippen LogP contribution in [0.25, 0.3) is 0 Å². The minimum atomic E-state index is -0.428. The van der Waals surface area contributed by atoms with Crippen LogP contribution < -0.4 is 0 Å². The molecule has 0 aromatic rings. The highest BCUT2D eigenvalue weighted by Gasteiger charge is 2.36.